The van der Waals surface area contributed by atoms with Crippen LogP contribution in [0.2, 0.25) is 0 Å². The van der Waals surface area contributed by atoms with Gasteiger partial charge in [-0.15, -0.1) is 0 Å². The number of piperazine rings is 1. The number of carbonyl (C=O) groups is 1. The maximum atomic E-state index is 13.4. The Morgan fingerprint density at radius 1 is 1.06 bits per heavy atom. The number of hydrogen-bond acceptors (Lipinski definition) is 8. The predicted molar refractivity (Wildman–Crippen MR) is 130 cm³/mol. The van der Waals surface area contributed by atoms with Gasteiger partial charge in [-0.05, 0) is 38.8 Å². The van der Waals surface area contributed by atoms with Crippen LogP contribution in [0.5, 0.6) is 0 Å². The topological polar surface area (TPSA) is 132 Å². The van der Waals surface area contributed by atoms with Crippen molar-refractivity contribution in [1.29, 1.82) is 0 Å². The summed E-state index contributed by atoms with van der Waals surface area (Å²) in [4.78, 5) is 31.6. The second kappa shape index (κ2) is 8.49. The molecule has 2 fully saturated rings. The molecule has 3 N–H and O–H groups in total. The second-order valence-corrected chi connectivity index (χ2v) is 9.18. The minimum absolute atomic E-state index is 0.0322. The monoisotopic (exact) mass is 470 g/mol. The van der Waals surface area contributed by atoms with Crippen LogP contribution in [0.4, 0.5) is 17.6 Å². The third kappa shape index (κ3) is 4.09. The van der Waals surface area contributed by atoms with Crippen molar-refractivity contribution >= 4 is 23.5 Å². The van der Waals surface area contributed by atoms with E-state index in [4.69, 9.17) is 4.98 Å². The SMILES string of the molecule is Cc1cc(Nc2cc(C)[nH]n2)nc(N2CC3CCC(C2)N3C(=O)c2ccc(-c3cn[nH]c3)nc2)n1. The Morgan fingerprint density at radius 2 is 1.89 bits per heavy atom. The zero-order valence-electron chi connectivity index (χ0n) is 19.6. The maximum Gasteiger partial charge on any atom is 0.256 e. The molecule has 0 radical (unpaired) electrons. The molecule has 6 heterocycles. The molecule has 11 heteroatoms. The van der Waals surface area contributed by atoms with Crippen LogP contribution in [0.3, 0.4) is 0 Å². The van der Waals surface area contributed by atoms with Crippen molar-refractivity contribution in [3.05, 3.63) is 59.8 Å². The minimum Gasteiger partial charge on any atom is -0.337 e. The van der Waals surface area contributed by atoms with E-state index in [0.717, 1.165) is 41.3 Å². The van der Waals surface area contributed by atoms with Crippen molar-refractivity contribution in [3.8, 4) is 11.3 Å². The fourth-order valence-corrected chi connectivity index (χ4v) is 5.00. The van der Waals surface area contributed by atoms with Gasteiger partial charge in [0.25, 0.3) is 5.91 Å². The molecule has 4 aromatic rings. The van der Waals surface area contributed by atoms with E-state index in [1.807, 2.05) is 43.0 Å². The van der Waals surface area contributed by atoms with E-state index < -0.39 is 0 Å². The molecule has 6 rings (SSSR count). The van der Waals surface area contributed by atoms with Crippen LogP contribution in [0.15, 0.2) is 42.9 Å². The lowest BCUT2D eigenvalue weighted by Gasteiger charge is -2.41. The first kappa shape index (κ1) is 21.3. The van der Waals surface area contributed by atoms with Crippen LogP contribution in [0.1, 0.15) is 34.6 Å². The van der Waals surface area contributed by atoms with Gasteiger partial charge in [0.05, 0.1) is 29.5 Å². The molecule has 0 aromatic carbocycles. The molecular weight excluding hydrogens is 444 g/mol. The van der Waals surface area contributed by atoms with Crippen LogP contribution in [-0.2, 0) is 0 Å². The number of nitrogens with zero attached hydrogens (tertiary/aromatic N) is 7. The molecule has 2 atom stereocenters. The van der Waals surface area contributed by atoms with Crippen molar-refractivity contribution in [2.45, 2.75) is 38.8 Å². The fourth-order valence-electron chi connectivity index (χ4n) is 5.00. The smallest absolute Gasteiger partial charge is 0.256 e. The molecule has 0 spiro atoms. The van der Waals surface area contributed by atoms with Crippen LogP contribution >= 0.6 is 0 Å². The molecule has 0 saturated carbocycles. The van der Waals surface area contributed by atoms with Gasteiger partial charge in [-0.25, -0.2) is 4.98 Å². The molecule has 35 heavy (non-hydrogen) atoms. The fraction of sp³-hybridized carbons (Fsp3) is 0.333. The number of aryl methyl sites for hydroxylation is 2. The van der Waals surface area contributed by atoms with Gasteiger partial charge in [-0.1, -0.05) is 0 Å². The Balaban J connectivity index is 1.18. The van der Waals surface area contributed by atoms with Gasteiger partial charge in [0, 0.05) is 54.6 Å². The van der Waals surface area contributed by atoms with Crippen molar-refractivity contribution in [2.24, 2.45) is 0 Å². The van der Waals surface area contributed by atoms with E-state index in [1.165, 1.54) is 0 Å². The molecule has 2 saturated heterocycles. The summed E-state index contributed by atoms with van der Waals surface area (Å²) in [5, 5.41) is 17.2. The van der Waals surface area contributed by atoms with Crippen molar-refractivity contribution in [3.63, 3.8) is 0 Å². The maximum absolute atomic E-state index is 13.4. The van der Waals surface area contributed by atoms with E-state index in [-0.39, 0.29) is 18.0 Å². The number of hydrogen-bond donors (Lipinski definition) is 3. The predicted octanol–water partition coefficient (Wildman–Crippen LogP) is 2.84. The molecule has 2 unspecified atom stereocenters. The minimum atomic E-state index is 0.0322. The van der Waals surface area contributed by atoms with Crippen LogP contribution in [0, 0.1) is 13.8 Å². The molecule has 2 bridgehead atoms. The Bertz CT molecular complexity index is 1330. The number of carbonyl (C=O) groups excluding carboxylic acids is 1. The Kier molecular flexibility index (Phi) is 5.16. The van der Waals surface area contributed by atoms with Crippen molar-refractivity contribution in [2.75, 3.05) is 23.3 Å². The molecule has 0 aliphatic carbocycles. The van der Waals surface area contributed by atoms with Crippen LogP contribution < -0.4 is 10.2 Å². The first-order valence-electron chi connectivity index (χ1n) is 11.7. The first-order valence-corrected chi connectivity index (χ1v) is 11.7. The second-order valence-electron chi connectivity index (χ2n) is 9.18. The van der Waals surface area contributed by atoms with Gasteiger partial charge in [-0.2, -0.15) is 15.2 Å². The zero-order valence-corrected chi connectivity index (χ0v) is 19.6. The first-order chi connectivity index (χ1) is 17.0. The normalized spacial score (nSPS) is 19.3. The van der Waals surface area contributed by atoms with Gasteiger partial charge in [0.1, 0.15) is 5.82 Å². The van der Waals surface area contributed by atoms with Gasteiger partial charge in [0.15, 0.2) is 5.82 Å². The summed E-state index contributed by atoms with van der Waals surface area (Å²) in [6.07, 6.45) is 7.10. The number of pyridine rings is 1. The Hall–Kier alpha value is -4.28. The van der Waals surface area contributed by atoms with Crippen molar-refractivity contribution in [1.82, 2.24) is 40.2 Å². The zero-order chi connectivity index (χ0) is 23.9. The Morgan fingerprint density at radius 3 is 2.54 bits per heavy atom. The quantitative estimate of drug-likeness (QED) is 0.406. The summed E-state index contributed by atoms with van der Waals surface area (Å²) < 4.78 is 0. The molecule has 4 aromatic heterocycles. The van der Waals surface area contributed by atoms with Gasteiger partial charge >= 0.3 is 0 Å². The third-order valence-electron chi connectivity index (χ3n) is 6.61. The van der Waals surface area contributed by atoms with Gasteiger partial charge < -0.3 is 15.1 Å². The molecule has 1 amide bonds. The summed E-state index contributed by atoms with van der Waals surface area (Å²) in [6, 6.07) is 7.78. The number of nitrogens with one attached hydrogen (secondary N) is 3. The average Bonchev–Trinajstić information content (AvgIpc) is 3.58. The largest absolute Gasteiger partial charge is 0.337 e. The summed E-state index contributed by atoms with van der Waals surface area (Å²) in [5.74, 6) is 2.13. The van der Waals surface area contributed by atoms with Crippen LogP contribution in [0.25, 0.3) is 11.3 Å². The van der Waals surface area contributed by atoms with Gasteiger partial charge in [-0.3, -0.25) is 20.0 Å². The number of rotatable bonds is 5. The molecule has 2 aliphatic heterocycles. The highest BCUT2D eigenvalue weighted by atomic mass is 16.2. The summed E-state index contributed by atoms with van der Waals surface area (Å²) in [7, 11) is 0. The van der Waals surface area contributed by atoms with Gasteiger partial charge in [0.2, 0.25) is 5.95 Å². The van der Waals surface area contributed by atoms with E-state index >= 15 is 0 Å². The lowest BCUT2D eigenvalue weighted by molar-refractivity contribution is 0.0640. The Labute approximate surface area is 202 Å². The van der Waals surface area contributed by atoms with E-state index in [1.54, 1.807) is 18.6 Å². The van der Waals surface area contributed by atoms with Crippen molar-refractivity contribution < 1.29 is 4.79 Å². The lowest BCUT2D eigenvalue weighted by atomic mass is 10.1. The highest BCUT2D eigenvalue weighted by Crippen LogP contribution is 2.33. The lowest BCUT2D eigenvalue weighted by Crippen LogP contribution is -2.56. The number of fused-ring (bicyclic) bond motifs is 2. The number of aromatic nitrogens is 7. The molecule has 11 nitrogen and oxygen atoms in total. The summed E-state index contributed by atoms with van der Waals surface area (Å²) in [5.41, 5.74) is 4.14. The van der Waals surface area contributed by atoms with Crippen LogP contribution in [-0.4, -0.2) is 71.3 Å². The molecule has 178 valence electrons. The molecular formula is C24H26N10O. The van der Waals surface area contributed by atoms with E-state index in [9.17, 15) is 4.79 Å². The summed E-state index contributed by atoms with van der Waals surface area (Å²) in [6.45, 7) is 5.32. The highest BCUT2D eigenvalue weighted by molar-refractivity contribution is 5.95. The number of H-pyrrole nitrogens is 2. The highest BCUT2D eigenvalue weighted by Gasteiger charge is 2.43. The molecule has 2 aliphatic rings. The summed E-state index contributed by atoms with van der Waals surface area (Å²) >= 11 is 0. The third-order valence-corrected chi connectivity index (χ3v) is 6.61. The number of amides is 1. The number of aromatic amines is 2. The average molecular weight is 471 g/mol. The van der Waals surface area contributed by atoms with E-state index in [2.05, 4.69) is 40.6 Å². The number of anilines is 3. The standard InChI is InChI=1S/C24H26N10O/c1-14-7-21(29-22-8-15(2)31-32-22)30-24(28-14)33-12-18-4-5-19(13-33)34(18)23(35)16-3-6-20(25-9-16)17-10-26-27-11-17/h3,6-11,18-19H,4-5,12-13H2,1-2H3,(H,26,27)(H2,28,29,30,31,32). The van der Waals surface area contributed by atoms with E-state index in [0.29, 0.717) is 30.4 Å².